The summed E-state index contributed by atoms with van der Waals surface area (Å²) in [6.45, 7) is -0.0816. The predicted molar refractivity (Wildman–Crippen MR) is 134 cm³/mol. The van der Waals surface area contributed by atoms with E-state index in [2.05, 4.69) is 20.7 Å². The average molecular weight is 529 g/mol. The van der Waals surface area contributed by atoms with Gasteiger partial charge >= 0.3 is 6.61 Å². The van der Waals surface area contributed by atoms with Gasteiger partial charge in [0.05, 0.1) is 6.61 Å². The van der Waals surface area contributed by atoms with E-state index in [1.807, 2.05) is 12.1 Å². The Morgan fingerprint density at radius 1 is 1.16 bits per heavy atom. The second-order valence-electron chi connectivity index (χ2n) is 9.95. The number of amides is 3. The molecule has 11 heteroatoms. The van der Waals surface area contributed by atoms with Gasteiger partial charge in [0, 0.05) is 49.9 Å². The minimum atomic E-state index is -2.97. The van der Waals surface area contributed by atoms with Crippen LogP contribution >= 0.6 is 0 Å². The molecule has 3 aliphatic rings. The van der Waals surface area contributed by atoms with Crippen LogP contribution in [0.5, 0.6) is 11.5 Å². The van der Waals surface area contributed by atoms with Crippen molar-refractivity contribution >= 4 is 23.4 Å². The number of likely N-dealkylation sites (tertiary alicyclic amines) is 1. The van der Waals surface area contributed by atoms with E-state index in [0.29, 0.717) is 43.3 Å². The fourth-order valence-electron chi connectivity index (χ4n) is 4.85. The molecule has 1 saturated heterocycles. The van der Waals surface area contributed by atoms with E-state index in [4.69, 9.17) is 4.74 Å². The first kappa shape index (κ1) is 25.7. The molecular weight excluding hydrogens is 498 g/mol. The van der Waals surface area contributed by atoms with Crippen LogP contribution < -0.4 is 25.4 Å². The Bertz CT molecular complexity index is 1240. The zero-order valence-electron chi connectivity index (χ0n) is 21.0. The number of carbonyl (C=O) groups excluding carboxylic acids is 3. The summed E-state index contributed by atoms with van der Waals surface area (Å²) in [4.78, 5) is 38.8. The van der Waals surface area contributed by atoms with Crippen LogP contribution in [0.2, 0.25) is 0 Å². The molecule has 1 aliphatic carbocycles. The van der Waals surface area contributed by atoms with E-state index >= 15 is 0 Å². The van der Waals surface area contributed by atoms with Gasteiger partial charge in [-0.3, -0.25) is 14.4 Å². The SMILES string of the molecule is CC(=O)N1C[C@@H](Nc2ccc(OC(F)F)c(OCC3CC3)c2)C[C@@H]1C(=O)NCc1ccc2c(c1)C(=O)NC2. The Labute approximate surface area is 218 Å². The second-order valence-corrected chi connectivity index (χ2v) is 9.95. The highest BCUT2D eigenvalue weighted by Gasteiger charge is 2.38. The molecule has 2 aliphatic heterocycles. The summed E-state index contributed by atoms with van der Waals surface area (Å²) in [6, 6.07) is 9.23. The van der Waals surface area contributed by atoms with Crippen LogP contribution in [0.4, 0.5) is 14.5 Å². The van der Waals surface area contributed by atoms with Crippen molar-refractivity contribution in [2.24, 2.45) is 5.92 Å². The van der Waals surface area contributed by atoms with Gasteiger partial charge in [-0.25, -0.2) is 0 Å². The summed E-state index contributed by atoms with van der Waals surface area (Å²) in [5.74, 6) is -0.0275. The summed E-state index contributed by atoms with van der Waals surface area (Å²) >= 11 is 0. The molecule has 1 saturated carbocycles. The van der Waals surface area contributed by atoms with Gasteiger partial charge < -0.3 is 30.3 Å². The lowest BCUT2D eigenvalue weighted by molar-refractivity contribution is -0.136. The first-order chi connectivity index (χ1) is 18.3. The highest BCUT2D eigenvalue weighted by Crippen LogP contribution is 2.36. The van der Waals surface area contributed by atoms with Crippen LogP contribution in [0.3, 0.4) is 0 Å². The standard InChI is InChI=1S/C27H30F2N4O5/c1-15(34)33-13-20(32-19-6-7-23(38-27(28)29)24(10-19)37-14-16-2-3-16)9-22(33)26(36)30-11-17-4-5-18-12-31-25(35)21(18)8-17/h4-8,10,16,20,22,27,32H,2-3,9,11-14H2,1H3,(H,30,36)(H,31,35)/t20-,22+/m0/s1. The minimum Gasteiger partial charge on any atom is -0.489 e. The predicted octanol–water partition coefficient (Wildman–Crippen LogP) is 3.04. The summed E-state index contributed by atoms with van der Waals surface area (Å²) in [5.41, 5.74) is 2.94. The molecule has 9 nitrogen and oxygen atoms in total. The van der Waals surface area contributed by atoms with Gasteiger partial charge in [-0.2, -0.15) is 8.78 Å². The van der Waals surface area contributed by atoms with Gasteiger partial charge in [0.2, 0.25) is 11.8 Å². The highest BCUT2D eigenvalue weighted by atomic mass is 19.3. The van der Waals surface area contributed by atoms with Gasteiger partial charge in [0.1, 0.15) is 6.04 Å². The van der Waals surface area contributed by atoms with Crippen LogP contribution in [0, 0.1) is 5.92 Å². The van der Waals surface area contributed by atoms with Gasteiger partial charge in [-0.05, 0) is 54.5 Å². The number of benzene rings is 2. The van der Waals surface area contributed by atoms with Crippen molar-refractivity contribution in [1.29, 1.82) is 0 Å². The van der Waals surface area contributed by atoms with E-state index in [9.17, 15) is 23.2 Å². The highest BCUT2D eigenvalue weighted by molar-refractivity contribution is 5.98. The molecule has 2 aromatic carbocycles. The average Bonchev–Trinajstić information content (AvgIpc) is 3.51. The van der Waals surface area contributed by atoms with Gasteiger partial charge in [-0.15, -0.1) is 0 Å². The first-order valence-corrected chi connectivity index (χ1v) is 12.7. The molecule has 3 N–H and O–H groups in total. The summed E-state index contributed by atoms with van der Waals surface area (Å²) < 4.78 is 36.0. The van der Waals surface area contributed by atoms with Crippen molar-refractivity contribution in [1.82, 2.24) is 15.5 Å². The van der Waals surface area contributed by atoms with Gasteiger partial charge in [0.15, 0.2) is 11.5 Å². The van der Waals surface area contributed by atoms with Crippen LogP contribution in [-0.2, 0) is 22.7 Å². The molecule has 0 spiro atoms. The summed E-state index contributed by atoms with van der Waals surface area (Å²) in [6.07, 6.45) is 2.47. The van der Waals surface area contributed by atoms with Crippen LogP contribution in [0.1, 0.15) is 47.7 Å². The number of hydrogen-bond donors (Lipinski definition) is 3. The molecule has 202 valence electrons. The molecule has 2 aromatic rings. The zero-order valence-corrected chi connectivity index (χ0v) is 21.0. The monoisotopic (exact) mass is 528 g/mol. The molecule has 2 fully saturated rings. The van der Waals surface area contributed by atoms with Gasteiger partial charge in [0.25, 0.3) is 5.91 Å². The van der Waals surface area contributed by atoms with E-state index in [-0.39, 0.29) is 41.8 Å². The first-order valence-electron chi connectivity index (χ1n) is 12.7. The Morgan fingerprint density at radius 2 is 1.97 bits per heavy atom. The maximum Gasteiger partial charge on any atom is 0.387 e. The Morgan fingerprint density at radius 3 is 2.71 bits per heavy atom. The molecule has 3 amide bonds. The van der Waals surface area contributed by atoms with Crippen molar-refractivity contribution in [3.05, 3.63) is 53.1 Å². The largest absolute Gasteiger partial charge is 0.489 e. The topological polar surface area (TPSA) is 109 Å². The zero-order chi connectivity index (χ0) is 26.8. The number of nitrogens with zero attached hydrogens (tertiary/aromatic N) is 1. The van der Waals surface area contributed by atoms with Gasteiger partial charge in [-0.1, -0.05) is 12.1 Å². The maximum atomic E-state index is 13.1. The molecular formula is C27H30F2N4O5. The van der Waals surface area contributed by atoms with Crippen molar-refractivity contribution in [2.45, 2.75) is 58.0 Å². The number of nitrogens with one attached hydrogen (secondary N) is 3. The third kappa shape index (κ3) is 5.98. The smallest absolute Gasteiger partial charge is 0.387 e. The van der Waals surface area contributed by atoms with Crippen molar-refractivity contribution in [2.75, 3.05) is 18.5 Å². The normalized spacial score (nSPS) is 20.2. The van der Waals surface area contributed by atoms with Crippen molar-refractivity contribution < 1.29 is 32.6 Å². The van der Waals surface area contributed by atoms with Crippen molar-refractivity contribution in [3.63, 3.8) is 0 Å². The third-order valence-electron chi connectivity index (χ3n) is 7.04. The summed E-state index contributed by atoms with van der Waals surface area (Å²) in [5, 5.41) is 8.95. The Hall–Kier alpha value is -3.89. The van der Waals surface area contributed by atoms with Crippen LogP contribution in [0.25, 0.3) is 0 Å². The number of hydrogen-bond acceptors (Lipinski definition) is 6. The molecule has 2 atom stereocenters. The Balaban J connectivity index is 1.22. The van der Waals surface area contributed by atoms with Crippen LogP contribution in [0.15, 0.2) is 36.4 Å². The molecule has 0 unspecified atom stereocenters. The number of halogens is 2. The second kappa shape index (κ2) is 10.8. The molecule has 0 radical (unpaired) electrons. The lowest BCUT2D eigenvalue weighted by atomic mass is 10.1. The minimum absolute atomic E-state index is 0.0377. The Kier molecular flexibility index (Phi) is 7.35. The lowest BCUT2D eigenvalue weighted by Gasteiger charge is -2.22. The molecule has 2 heterocycles. The summed E-state index contributed by atoms with van der Waals surface area (Å²) in [7, 11) is 0. The quantitative estimate of drug-likeness (QED) is 0.438. The van der Waals surface area contributed by atoms with Crippen molar-refractivity contribution in [3.8, 4) is 11.5 Å². The van der Waals surface area contributed by atoms with E-state index < -0.39 is 12.7 Å². The lowest BCUT2D eigenvalue weighted by Crippen LogP contribution is -2.44. The third-order valence-corrected chi connectivity index (χ3v) is 7.04. The van der Waals surface area contributed by atoms with E-state index in [1.165, 1.54) is 17.9 Å². The number of carbonyl (C=O) groups is 3. The maximum absolute atomic E-state index is 13.1. The number of alkyl halides is 2. The van der Waals surface area contributed by atoms with E-state index in [1.54, 1.807) is 18.2 Å². The van der Waals surface area contributed by atoms with E-state index in [0.717, 1.165) is 24.0 Å². The fraction of sp³-hybridized carbons (Fsp3) is 0.444. The number of rotatable bonds is 10. The number of fused-ring (bicyclic) bond motifs is 1. The molecule has 0 aromatic heterocycles. The molecule has 5 rings (SSSR count). The molecule has 0 bridgehead atoms. The number of ether oxygens (including phenoxy) is 2. The van der Waals surface area contributed by atoms with Crippen LogP contribution in [-0.4, -0.2) is 54.5 Å². The fourth-order valence-corrected chi connectivity index (χ4v) is 4.85. The molecule has 38 heavy (non-hydrogen) atoms. The number of anilines is 1.